The summed E-state index contributed by atoms with van der Waals surface area (Å²) in [5.74, 6) is -0.463. The molecule has 1 atom stereocenters. The van der Waals surface area contributed by atoms with Gasteiger partial charge >= 0.3 is 6.18 Å². The van der Waals surface area contributed by atoms with E-state index in [2.05, 4.69) is 21.3 Å². The maximum Gasteiger partial charge on any atom is 0.389 e. The van der Waals surface area contributed by atoms with E-state index in [1.807, 2.05) is 48.7 Å². The number of carbonyl (C=O) groups excluding carboxylic acids is 1. The molecule has 0 aliphatic carbocycles. The highest BCUT2D eigenvalue weighted by Crippen LogP contribution is 2.28. The summed E-state index contributed by atoms with van der Waals surface area (Å²) in [4.78, 5) is 16.5. The molecule has 5 aromatic rings. The molecular formula is C29H23F3N6O. The van der Waals surface area contributed by atoms with Crippen LogP contribution in [0, 0.1) is 11.3 Å². The van der Waals surface area contributed by atoms with Crippen molar-refractivity contribution in [2.24, 2.45) is 0 Å². The smallest absolute Gasteiger partial charge is 0.299 e. The van der Waals surface area contributed by atoms with Gasteiger partial charge < -0.3 is 0 Å². The second-order valence-electron chi connectivity index (χ2n) is 9.19. The molecular weight excluding hydrogens is 505 g/mol. The van der Waals surface area contributed by atoms with Crippen LogP contribution in [-0.2, 0) is 11.2 Å². The molecule has 0 aliphatic rings. The average molecular weight is 529 g/mol. The van der Waals surface area contributed by atoms with Crippen molar-refractivity contribution in [1.29, 1.82) is 5.26 Å². The minimum absolute atomic E-state index is 0.0714. The monoisotopic (exact) mass is 528 g/mol. The highest BCUT2D eigenvalue weighted by molar-refractivity contribution is 5.81. The van der Waals surface area contributed by atoms with Crippen molar-refractivity contribution >= 4 is 11.4 Å². The second-order valence-corrected chi connectivity index (χ2v) is 9.19. The van der Waals surface area contributed by atoms with Gasteiger partial charge in [0.15, 0.2) is 5.65 Å². The van der Waals surface area contributed by atoms with Crippen LogP contribution in [0.1, 0.15) is 36.4 Å². The summed E-state index contributed by atoms with van der Waals surface area (Å²) in [7, 11) is 0. The molecule has 0 saturated heterocycles. The van der Waals surface area contributed by atoms with Crippen molar-refractivity contribution in [3.63, 3.8) is 0 Å². The van der Waals surface area contributed by atoms with Crippen molar-refractivity contribution in [2.45, 2.75) is 37.9 Å². The van der Waals surface area contributed by atoms with Crippen LogP contribution in [0.25, 0.3) is 28.0 Å². The van der Waals surface area contributed by atoms with Crippen LogP contribution < -0.4 is 0 Å². The predicted molar refractivity (Wildman–Crippen MR) is 138 cm³/mol. The first-order valence-corrected chi connectivity index (χ1v) is 12.3. The zero-order valence-corrected chi connectivity index (χ0v) is 20.7. The van der Waals surface area contributed by atoms with Crippen LogP contribution in [-0.4, -0.2) is 36.3 Å². The fraction of sp³-hybridized carbons (Fsp3) is 0.207. The number of hydrogen-bond acceptors (Lipinski definition) is 5. The molecule has 0 amide bonds. The number of rotatable bonds is 9. The summed E-state index contributed by atoms with van der Waals surface area (Å²) >= 11 is 0. The minimum Gasteiger partial charge on any atom is -0.299 e. The number of fused-ring (bicyclic) bond motifs is 1. The normalized spacial score (nSPS) is 12.4. The summed E-state index contributed by atoms with van der Waals surface area (Å²) in [5, 5.41) is 18.4. The number of alkyl halides is 3. The summed E-state index contributed by atoms with van der Waals surface area (Å²) in [6.07, 6.45) is 1.18. The van der Waals surface area contributed by atoms with Crippen molar-refractivity contribution in [2.75, 3.05) is 0 Å². The Hall–Kier alpha value is -4.78. The molecule has 0 bridgehead atoms. The molecule has 3 heterocycles. The lowest BCUT2D eigenvalue weighted by molar-refractivity contribution is -0.143. The summed E-state index contributed by atoms with van der Waals surface area (Å²) in [5.41, 5.74) is 5.28. The lowest BCUT2D eigenvalue weighted by Crippen LogP contribution is -2.12. The fourth-order valence-electron chi connectivity index (χ4n) is 4.45. The molecule has 0 radical (unpaired) electrons. The number of aromatic nitrogens is 5. The molecule has 0 spiro atoms. The Morgan fingerprint density at radius 2 is 1.74 bits per heavy atom. The van der Waals surface area contributed by atoms with E-state index < -0.39 is 24.8 Å². The summed E-state index contributed by atoms with van der Waals surface area (Å²) in [6, 6.07) is 20.7. The number of carbonyl (C=O) groups is 1. The lowest BCUT2D eigenvalue weighted by Gasteiger charge is -2.14. The Morgan fingerprint density at radius 3 is 2.51 bits per heavy atom. The van der Waals surface area contributed by atoms with E-state index >= 15 is 0 Å². The third-order valence-corrected chi connectivity index (χ3v) is 6.40. The van der Waals surface area contributed by atoms with Gasteiger partial charge in [0, 0.05) is 35.7 Å². The average Bonchev–Trinajstić information content (AvgIpc) is 3.58. The molecule has 0 N–H and O–H groups in total. The number of nitrogens with zero attached hydrogens (tertiary/aromatic N) is 6. The van der Waals surface area contributed by atoms with Gasteiger partial charge in [-0.3, -0.25) is 9.48 Å². The topological polar surface area (TPSA) is 88.9 Å². The molecule has 10 heteroatoms. The van der Waals surface area contributed by atoms with E-state index in [0.717, 1.165) is 22.3 Å². The summed E-state index contributed by atoms with van der Waals surface area (Å²) in [6.45, 7) is 0. The van der Waals surface area contributed by atoms with E-state index in [1.165, 1.54) is 0 Å². The summed E-state index contributed by atoms with van der Waals surface area (Å²) < 4.78 is 40.8. The third-order valence-electron chi connectivity index (χ3n) is 6.40. The quantitative estimate of drug-likeness (QED) is 0.227. The largest absolute Gasteiger partial charge is 0.389 e. The Labute approximate surface area is 222 Å². The van der Waals surface area contributed by atoms with Gasteiger partial charge in [-0.05, 0) is 23.3 Å². The molecule has 39 heavy (non-hydrogen) atoms. The predicted octanol–water partition coefficient (Wildman–Crippen LogP) is 6.22. The van der Waals surface area contributed by atoms with Gasteiger partial charge in [0.1, 0.15) is 5.78 Å². The first-order chi connectivity index (χ1) is 18.8. The van der Waals surface area contributed by atoms with Crippen molar-refractivity contribution < 1.29 is 18.0 Å². The second kappa shape index (κ2) is 10.9. The molecule has 196 valence electrons. The van der Waals surface area contributed by atoms with Crippen molar-refractivity contribution in [1.82, 2.24) is 24.4 Å². The molecule has 5 rings (SSSR count). The van der Waals surface area contributed by atoms with E-state index in [-0.39, 0.29) is 18.9 Å². The van der Waals surface area contributed by atoms with Gasteiger partial charge in [0.25, 0.3) is 0 Å². The van der Waals surface area contributed by atoms with Gasteiger partial charge in [-0.15, -0.1) is 0 Å². The standard InChI is InChI=1S/C29H23F3N6O/c30-29(31,32)11-9-25(39)14-20-5-4-8-22(13-20)27-18-34-28-15-23(16-36-38(27)28)24-17-35-37(19-24)26(10-12-33)21-6-2-1-3-7-21/h1-8,13,15-19,26H,9-11,14H2. The fourth-order valence-corrected chi connectivity index (χ4v) is 4.45. The Kier molecular flexibility index (Phi) is 7.23. The van der Waals surface area contributed by atoms with Crippen LogP contribution in [0.2, 0.25) is 0 Å². The van der Waals surface area contributed by atoms with Gasteiger partial charge in [-0.1, -0.05) is 48.5 Å². The molecule has 7 nitrogen and oxygen atoms in total. The number of nitriles is 1. The van der Waals surface area contributed by atoms with Crippen LogP contribution in [0.15, 0.2) is 85.5 Å². The molecule has 1 unspecified atom stereocenters. The Morgan fingerprint density at radius 1 is 0.949 bits per heavy atom. The SMILES string of the molecule is N#CCC(c1ccccc1)n1cc(-c2cnn3c(-c4cccc(CC(=O)CCC(F)(F)F)c4)cnc3c2)cn1. The van der Waals surface area contributed by atoms with E-state index in [1.54, 1.807) is 46.0 Å². The van der Waals surface area contributed by atoms with Crippen LogP contribution in [0.3, 0.4) is 0 Å². The highest BCUT2D eigenvalue weighted by atomic mass is 19.4. The van der Waals surface area contributed by atoms with Crippen molar-refractivity contribution in [3.05, 3.63) is 96.6 Å². The first kappa shape index (κ1) is 25.9. The molecule has 2 aromatic carbocycles. The van der Waals surface area contributed by atoms with Crippen LogP contribution >= 0.6 is 0 Å². The van der Waals surface area contributed by atoms with Crippen molar-refractivity contribution in [3.8, 4) is 28.5 Å². The zero-order valence-electron chi connectivity index (χ0n) is 20.7. The molecule has 0 saturated carbocycles. The van der Waals surface area contributed by atoms with E-state index in [0.29, 0.717) is 16.9 Å². The number of Topliss-reactive ketones (excluding diaryl/α,β-unsaturated/α-hetero) is 1. The zero-order chi connectivity index (χ0) is 27.4. The van der Waals surface area contributed by atoms with Gasteiger partial charge in [-0.2, -0.15) is 28.6 Å². The number of halogens is 3. The van der Waals surface area contributed by atoms with Gasteiger partial charge in [-0.25, -0.2) is 9.50 Å². The maximum atomic E-state index is 12.4. The number of hydrogen-bond donors (Lipinski definition) is 0. The number of ketones is 1. The van der Waals surface area contributed by atoms with Crippen LogP contribution in [0.4, 0.5) is 13.2 Å². The maximum absolute atomic E-state index is 12.4. The molecule has 0 aliphatic heterocycles. The molecule has 0 fully saturated rings. The first-order valence-electron chi connectivity index (χ1n) is 12.3. The Balaban J connectivity index is 1.37. The number of benzene rings is 2. The highest BCUT2D eigenvalue weighted by Gasteiger charge is 2.27. The Bertz CT molecular complexity index is 1650. The van der Waals surface area contributed by atoms with Crippen LogP contribution in [0.5, 0.6) is 0 Å². The third kappa shape index (κ3) is 6.04. The van der Waals surface area contributed by atoms with E-state index in [9.17, 15) is 23.2 Å². The molecule has 3 aromatic heterocycles. The van der Waals surface area contributed by atoms with Gasteiger partial charge in [0.05, 0.1) is 49.2 Å². The van der Waals surface area contributed by atoms with Gasteiger partial charge in [0.2, 0.25) is 0 Å². The number of imidazole rings is 1. The van der Waals surface area contributed by atoms with E-state index in [4.69, 9.17) is 0 Å². The lowest BCUT2D eigenvalue weighted by atomic mass is 10.0. The minimum atomic E-state index is -4.35.